The van der Waals surface area contributed by atoms with Crippen molar-refractivity contribution < 1.29 is 0 Å². The van der Waals surface area contributed by atoms with Gasteiger partial charge in [0.25, 0.3) is 0 Å². The Kier molecular flexibility index (Phi) is 2.48. The number of nitrogens with zero attached hydrogens (tertiary/aromatic N) is 4. The van der Waals surface area contributed by atoms with Gasteiger partial charge in [0.1, 0.15) is 0 Å². The second-order valence-corrected chi connectivity index (χ2v) is 4.88. The standard InChI is InChI=1S/C10H10Cl2N4/c11-7-5-8(12)15-16-9(13-14-10(7)16)6-3-1-2-4-6/h5-6H,1-4H2. The van der Waals surface area contributed by atoms with Gasteiger partial charge in [-0.2, -0.15) is 9.61 Å². The van der Waals surface area contributed by atoms with Gasteiger partial charge >= 0.3 is 0 Å². The molecule has 1 aliphatic rings. The number of hydrogen-bond acceptors (Lipinski definition) is 3. The molecular weight excluding hydrogens is 247 g/mol. The van der Waals surface area contributed by atoms with Crippen molar-refractivity contribution in [2.75, 3.05) is 0 Å². The molecule has 0 aliphatic heterocycles. The third-order valence-corrected chi connectivity index (χ3v) is 3.50. The molecule has 1 fully saturated rings. The van der Waals surface area contributed by atoms with Crippen molar-refractivity contribution in [3.05, 3.63) is 22.1 Å². The van der Waals surface area contributed by atoms with Crippen LogP contribution >= 0.6 is 23.2 Å². The topological polar surface area (TPSA) is 43.1 Å². The molecule has 84 valence electrons. The maximum atomic E-state index is 6.03. The van der Waals surface area contributed by atoms with Gasteiger partial charge in [-0.1, -0.05) is 36.0 Å². The van der Waals surface area contributed by atoms with Crippen LogP contribution in [0.1, 0.15) is 37.4 Å². The molecular formula is C10H10Cl2N4. The van der Waals surface area contributed by atoms with E-state index in [4.69, 9.17) is 23.2 Å². The highest BCUT2D eigenvalue weighted by Gasteiger charge is 2.23. The molecule has 0 amide bonds. The lowest BCUT2D eigenvalue weighted by molar-refractivity contribution is 0.638. The second kappa shape index (κ2) is 3.86. The maximum absolute atomic E-state index is 6.03. The van der Waals surface area contributed by atoms with Gasteiger partial charge in [0.05, 0.1) is 5.02 Å². The minimum atomic E-state index is 0.372. The van der Waals surface area contributed by atoms with Crippen LogP contribution in [0.15, 0.2) is 6.07 Å². The van der Waals surface area contributed by atoms with E-state index in [-0.39, 0.29) is 0 Å². The van der Waals surface area contributed by atoms with Gasteiger partial charge in [0, 0.05) is 5.92 Å². The molecule has 0 atom stereocenters. The SMILES string of the molecule is Clc1cc(Cl)c2nnc(C3CCCC3)n2n1. The summed E-state index contributed by atoms with van der Waals surface area (Å²) in [5.74, 6) is 1.33. The molecule has 1 aliphatic carbocycles. The molecule has 6 heteroatoms. The third-order valence-electron chi connectivity index (χ3n) is 3.04. The Labute approximate surface area is 103 Å². The van der Waals surface area contributed by atoms with Crippen LogP contribution in [0.4, 0.5) is 0 Å². The van der Waals surface area contributed by atoms with Gasteiger partial charge in [-0.25, -0.2) is 0 Å². The maximum Gasteiger partial charge on any atom is 0.196 e. The highest BCUT2D eigenvalue weighted by atomic mass is 35.5. The quantitative estimate of drug-likeness (QED) is 0.788. The molecule has 4 nitrogen and oxygen atoms in total. The van der Waals surface area contributed by atoms with Gasteiger partial charge in [0.15, 0.2) is 16.6 Å². The van der Waals surface area contributed by atoms with Crippen molar-refractivity contribution in [1.82, 2.24) is 19.8 Å². The first-order chi connectivity index (χ1) is 7.75. The van der Waals surface area contributed by atoms with Crippen LogP contribution in [0.2, 0.25) is 10.2 Å². The van der Waals surface area contributed by atoms with Crippen molar-refractivity contribution in [2.24, 2.45) is 0 Å². The van der Waals surface area contributed by atoms with Crippen LogP contribution < -0.4 is 0 Å². The predicted octanol–water partition coefficient (Wildman–Crippen LogP) is 3.09. The van der Waals surface area contributed by atoms with Crippen LogP contribution in [0.3, 0.4) is 0 Å². The number of halogens is 2. The van der Waals surface area contributed by atoms with Gasteiger partial charge < -0.3 is 0 Å². The minimum absolute atomic E-state index is 0.372. The Morgan fingerprint density at radius 3 is 2.69 bits per heavy atom. The zero-order valence-corrected chi connectivity index (χ0v) is 10.0. The molecule has 0 radical (unpaired) electrons. The first-order valence-corrected chi connectivity index (χ1v) is 6.08. The fourth-order valence-electron chi connectivity index (χ4n) is 2.27. The largest absolute Gasteiger partial charge is 0.196 e. The predicted molar refractivity (Wildman–Crippen MR) is 62.0 cm³/mol. The first-order valence-electron chi connectivity index (χ1n) is 5.33. The molecule has 0 spiro atoms. The molecule has 0 unspecified atom stereocenters. The van der Waals surface area contributed by atoms with E-state index in [0.717, 1.165) is 18.7 Å². The summed E-state index contributed by atoms with van der Waals surface area (Å²) in [6.45, 7) is 0. The van der Waals surface area contributed by atoms with Crippen molar-refractivity contribution in [1.29, 1.82) is 0 Å². The molecule has 0 bridgehead atoms. The number of fused-ring (bicyclic) bond motifs is 1. The molecule has 3 rings (SSSR count). The normalized spacial score (nSPS) is 17.4. The molecule has 0 N–H and O–H groups in total. The highest BCUT2D eigenvalue weighted by Crippen LogP contribution is 2.33. The summed E-state index contributed by atoms with van der Waals surface area (Å²) in [5.41, 5.74) is 0.591. The number of hydrogen-bond donors (Lipinski definition) is 0. The fraction of sp³-hybridized carbons (Fsp3) is 0.500. The Balaban J connectivity index is 2.18. The van der Waals surface area contributed by atoms with E-state index >= 15 is 0 Å². The molecule has 1 saturated carbocycles. The van der Waals surface area contributed by atoms with E-state index in [2.05, 4.69) is 15.3 Å². The van der Waals surface area contributed by atoms with Crippen LogP contribution in [0.25, 0.3) is 5.65 Å². The van der Waals surface area contributed by atoms with Gasteiger partial charge in [0.2, 0.25) is 0 Å². The molecule has 2 heterocycles. The van der Waals surface area contributed by atoms with Crippen molar-refractivity contribution >= 4 is 28.8 Å². The summed E-state index contributed by atoms with van der Waals surface area (Å²) in [6, 6.07) is 1.59. The number of rotatable bonds is 1. The van der Waals surface area contributed by atoms with Gasteiger partial charge in [-0.3, -0.25) is 0 Å². The Morgan fingerprint density at radius 2 is 1.94 bits per heavy atom. The number of aromatic nitrogens is 4. The van der Waals surface area contributed by atoms with Crippen molar-refractivity contribution in [3.63, 3.8) is 0 Å². The van der Waals surface area contributed by atoms with Crippen molar-refractivity contribution in [3.8, 4) is 0 Å². The van der Waals surface area contributed by atoms with E-state index in [1.165, 1.54) is 12.8 Å². The fourth-order valence-corrected chi connectivity index (χ4v) is 2.73. The summed E-state index contributed by atoms with van der Waals surface area (Å²) in [7, 11) is 0. The van der Waals surface area contributed by atoms with Crippen LogP contribution in [0, 0.1) is 0 Å². The Hall–Kier alpha value is -0.870. The van der Waals surface area contributed by atoms with E-state index in [1.54, 1.807) is 10.6 Å². The average Bonchev–Trinajstić information content (AvgIpc) is 2.83. The smallest absolute Gasteiger partial charge is 0.194 e. The van der Waals surface area contributed by atoms with Crippen LogP contribution in [0.5, 0.6) is 0 Å². The third kappa shape index (κ3) is 1.57. The van der Waals surface area contributed by atoms with Gasteiger partial charge in [-0.15, -0.1) is 10.2 Å². The summed E-state index contributed by atoms with van der Waals surface area (Å²) < 4.78 is 1.68. The van der Waals surface area contributed by atoms with E-state index < -0.39 is 0 Å². The molecule has 16 heavy (non-hydrogen) atoms. The molecule has 0 aromatic carbocycles. The summed E-state index contributed by atoms with van der Waals surface area (Å²) in [5, 5.41) is 13.3. The zero-order valence-electron chi connectivity index (χ0n) is 8.53. The minimum Gasteiger partial charge on any atom is -0.194 e. The lowest BCUT2D eigenvalue weighted by Crippen LogP contribution is -2.03. The summed E-state index contributed by atoms with van der Waals surface area (Å²) in [4.78, 5) is 0. The molecule has 2 aromatic rings. The summed E-state index contributed by atoms with van der Waals surface area (Å²) in [6.07, 6.45) is 4.78. The van der Waals surface area contributed by atoms with Crippen LogP contribution in [-0.4, -0.2) is 19.8 Å². The lowest BCUT2D eigenvalue weighted by Gasteiger charge is -2.05. The summed E-state index contributed by atoms with van der Waals surface area (Å²) >= 11 is 11.9. The second-order valence-electron chi connectivity index (χ2n) is 4.09. The average molecular weight is 257 g/mol. The van der Waals surface area contributed by atoms with Crippen LogP contribution in [-0.2, 0) is 0 Å². The monoisotopic (exact) mass is 256 g/mol. The molecule has 2 aromatic heterocycles. The first kappa shape index (κ1) is 10.3. The lowest BCUT2D eigenvalue weighted by atomic mass is 10.1. The van der Waals surface area contributed by atoms with Gasteiger partial charge in [-0.05, 0) is 18.9 Å². The Bertz CT molecular complexity index is 531. The Morgan fingerprint density at radius 1 is 1.19 bits per heavy atom. The van der Waals surface area contributed by atoms with Crippen molar-refractivity contribution in [2.45, 2.75) is 31.6 Å². The van der Waals surface area contributed by atoms with E-state index in [9.17, 15) is 0 Å². The van der Waals surface area contributed by atoms with E-state index in [1.807, 2.05) is 0 Å². The highest BCUT2D eigenvalue weighted by molar-refractivity contribution is 6.35. The van der Waals surface area contributed by atoms with E-state index in [0.29, 0.717) is 21.7 Å². The molecule has 0 saturated heterocycles. The zero-order chi connectivity index (χ0) is 11.1.